The van der Waals surface area contributed by atoms with Crippen molar-refractivity contribution in [2.75, 3.05) is 5.32 Å². The van der Waals surface area contributed by atoms with Crippen LogP contribution in [-0.4, -0.2) is 11.0 Å². The van der Waals surface area contributed by atoms with Gasteiger partial charge >= 0.3 is 0 Å². The Labute approximate surface area is 113 Å². The summed E-state index contributed by atoms with van der Waals surface area (Å²) in [5, 5.41) is 16.6. The molecule has 2 heterocycles. The van der Waals surface area contributed by atoms with E-state index < -0.39 is 11.1 Å². The molecule has 3 rings (SSSR count). The first-order chi connectivity index (χ1) is 8.74. The highest BCUT2D eigenvalue weighted by molar-refractivity contribution is 5.94. The van der Waals surface area contributed by atoms with Gasteiger partial charge in [-0.25, -0.2) is 0 Å². The predicted molar refractivity (Wildman–Crippen MR) is 72.0 cm³/mol. The number of rotatable bonds is 0. The number of anilines is 1. The molecule has 0 bridgehead atoms. The maximum absolute atomic E-state index is 12.5. The summed E-state index contributed by atoms with van der Waals surface area (Å²) < 4.78 is 0. The van der Waals surface area contributed by atoms with Crippen molar-refractivity contribution in [1.29, 1.82) is 0 Å². The predicted octanol–water partition coefficient (Wildman–Crippen LogP) is 2.70. The molecule has 2 aliphatic rings. The van der Waals surface area contributed by atoms with Crippen molar-refractivity contribution in [3.05, 3.63) is 28.8 Å². The van der Waals surface area contributed by atoms with Crippen LogP contribution < -0.4 is 5.32 Å². The second-order valence-electron chi connectivity index (χ2n) is 6.52. The van der Waals surface area contributed by atoms with Gasteiger partial charge in [0, 0.05) is 12.1 Å². The number of hydrogen-bond acceptors (Lipinski definition) is 2. The van der Waals surface area contributed by atoms with Crippen molar-refractivity contribution in [3.8, 4) is 0 Å². The summed E-state index contributed by atoms with van der Waals surface area (Å²) in [7, 11) is 0. The number of fused-ring (bicyclic) bond motifs is 2. The number of benzene rings is 1. The van der Waals surface area contributed by atoms with Crippen LogP contribution in [0, 0.1) is 0 Å². The fourth-order valence-electron chi connectivity index (χ4n) is 3.36. The Morgan fingerprint density at radius 2 is 1.63 bits per heavy atom. The van der Waals surface area contributed by atoms with Crippen molar-refractivity contribution in [1.82, 2.24) is 5.06 Å². The largest absolute Gasteiger partial charge is 0.326 e. The lowest BCUT2D eigenvalue weighted by Gasteiger charge is -2.32. The van der Waals surface area contributed by atoms with Gasteiger partial charge in [-0.1, -0.05) is 6.07 Å². The third kappa shape index (κ3) is 1.56. The van der Waals surface area contributed by atoms with Crippen molar-refractivity contribution in [2.45, 2.75) is 51.6 Å². The van der Waals surface area contributed by atoms with E-state index in [2.05, 4.69) is 11.4 Å². The molecule has 1 amide bonds. The zero-order valence-corrected chi connectivity index (χ0v) is 11.8. The van der Waals surface area contributed by atoms with Crippen LogP contribution in [0.15, 0.2) is 12.1 Å². The minimum absolute atomic E-state index is 0.0569. The first-order valence-electron chi connectivity index (χ1n) is 6.70. The van der Waals surface area contributed by atoms with Gasteiger partial charge in [0.05, 0.1) is 11.1 Å². The monoisotopic (exact) mass is 259 g/mol. The first-order valence-corrected chi connectivity index (χ1v) is 6.70. The number of nitrogens with one attached hydrogen (secondary N) is 1. The van der Waals surface area contributed by atoms with E-state index in [-0.39, 0.29) is 5.91 Å². The second kappa shape index (κ2) is 3.58. The Morgan fingerprint density at radius 1 is 1.05 bits per heavy atom. The lowest BCUT2D eigenvalue weighted by atomic mass is 9.86. The number of hydroxylamine groups is 2. The normalized spacial score (nSPS) is 23.7. The fraction of sp³-hybridized carbons (Fsp3) is 0.533. The molecule has 0 saturated heterocycles. The van der Waals surface area contributed by atoms with Gasteiger partial charge in [-0.2, -0.15) is 0 Å². The van der Waals surface area contributed by atoms with Crippen LogP contribution in [0.3, 0.4) is 0 Å². The third-order valence-corrected chi connectivity index (χ3v) is 4.47. The molecule has 2 aliphatic heterocycles. The van der Waals surface area contributed by atoms with E-state index in [1.165, 1.54) is 0 Å². The quantitative estimate of drug-likeness (QED) is 0.778. The molecule has 0 spiro atoms. The van der Waals surface area contributed by atoms with Crippen molar-refractivity contribution in [3.63, 3.8) is 0 Å². The van der Waals surface area contributed by atoms with Crippen LogP contribution >= 0.6 is 0 Å². The molecule has 0 aromatic heterocycles. The van der Waals surface area contributed by atoms with E-state index in [1.54, 1.807) is 0 Å². The molecule has 0 fully saturated rings. The van der Waals surface area contributed by atoms with E-state index in [0.29, 0.717) is 6.42 Å². The van der Waals surface area contributed by atoms with Crippen LogP contribution in [0.2, 0.25) is 0 Å². The van der Waals surface area contributed by atoms with Crippen molar-refractivity contribution >= 4 is 11.6 Å². The topological polar surface area (TPSA) is 52.2 Å². The highest BCUT2D eigenvalue weighted by atomic mass is 16.5. The number of carbonyl (C=O) groups excluding carboxylic acids is 1. The Bertz CT molecular complexity index is 576. The van der Waals surface area contributed by atoms with E-state index in [0.717, 1.165) is 33.9 Å². The fourth-order valence-corrected chi connectivity index (χ4v) is 3.36. The Kier molecular flexibility index (Phi) is 2.38. The van der Waals surface area contributed by atoms with Gasteiger partial charge in [0.2, 0.25) is 5.91 Å². The first kappa shape index (κ1) is 12.6. The lowest BCUT2D eigenvalue weighted by molar-refractivity contribution is -0.266. The smallest absolute Gasteiger partial charge is 0.224 e. The van der Waals surface area contributed by atoms with Gasteiger partial charge in [-0.05, 0) is 56.9 Å². The summed E-state index contributed by atoms with van der Waals surface area (Å²) >= 11 is 0. The summed E-state index contributed by atoms with van der Waals surface area (Å²) in [4.78, 5) is 11.5. The standard InChI is InChI=1S/C15H19N2O2/c1-14(2)10-7-9-5-6-13(18)16-12(9)8-11(10)15(3,4)17(14)19/h7-8H,5-6H2,1-4H3,(H,16,18). The minimum Gasteiger partial charge on any atom is -0.326 e. The van der Waals surface area contributed by atoms with Crippen LogP contribution in [0.25, 0.3) is 0 Å². The number of carbonyl (C=O) groups is 1. The van der Waals surface area contributed by atoms with E-state index in [1.807, 2.05) is 33.8 Å². The summed E-state index contributed by atoms with van der Waals surface area (Å²) in [5.74, 6) is 0.0569. The number of hydrogen-bond donors (Lipinski definition) is 1. The van der Waals surface area contributed by atoms with Crippen LogP contribution in [0.5, 0.6) is 0 Å². The molecule has 4 nitrogen and oxygen atoms in total. The summed E-state index contributed by atoms with van der Waals surface area (Å²) in [6.07, 6.45) is 1.28. The molecule has 0 aliphatic carbocycles. The zero-order valence-electron chi connectivity index (χ0n) is 11.8. The molecule has 1 aromatic rings. The summed E-state index contributed by atoms with van der Waals surface area (Å²) in [6, 6.07) is 4.09. The Balaban J connectivity index is 2.22. The molecule has 1 N–H and O–H groups in total. The highest BCUT2D eigenvalue weighted by Gasteiger charge is 2.50. The minimum atomic E-state index is -0.559. The maximum atomic E-state index is 12.5. The molecule has 1 radical (unpaired) electrons. The average molecular weight is 259 g/mol. The van der Waals surface area contributed by atoms with Crippen molar-refractivity contribution in [2.24, 2.45) is 0 Å². The average Bonchev–Trinajstić information content (AvgIpc) is 2.47. The molecule has 19 heavy (non-hydrogen) atoms. The van der Waals surface area contributed by atoms with Crippen LogP contribution in [0.1, 0.15) is 50.8 Å². The summed E-state index contributed by atoms with van der Waals surface area (Å²) in [5.41, 5.74) is 3.04. The van der Waals surface area contributed by atoms with Crippen LogP contribution in [0.4, 0.5) is 5.69 Å². The van der Waals surface area contributed by atoms with E-state index in [9.17, 15) is 10.0 Å². The molecule has 0 atom stereocenters. The lowest BCUT2D eigenvalue weighted by Crippen LogP contribution is -2.41. The molecule has 4 heteroatoms. The maximum Gasteiger partial charge on any atom is 0.224 e. The molecular weight excluding hydrogens is 240 g/mol. The molecule has 101 valence electrons. The third-order valence-electron chi connectivity index (χ3n) is 4.47. The van der Waals surface area contributed by atoms with Gasteiger partial charge in [-0.15, -0.1) is 10.3 Å². The number of aryl methyl sites for hydroxylation is 1. The Morgan fingerprint density at radius 3 is 2.26 bits per heavy atom. The van der Waals surface area contributed by atoms with Crippen molar-refractivity contribution < 1.29 is 10.0 Å². The molecule has 1 aromatic carbocycles. The second-order valence-corrected chi connectivity index (χ2v) is 6.52. The van der Waals surface area contributed by atoms with E-state index in [4.69, 9.17) is 0 Å². The highest BCUT2D eigenvalue weighted by Crippen LogP contribution is 2.50. The van der Waals surface area contributed by atoms with Gasteiger partial charge in [0.1, 0.15) is 0 Å². The molecule has 0 unspecified atom stereocenters. The van der Waals surface area contributed by atoms with Crippen LogP contribution in [-0.2, 0) is 27.5 Å². The SMILES string of the molecule is CC1(C)c2cc3c(cc2C(C)(C)N1[O])NC(=O)CC3. The van der Waals surface area contributed by atoms with Gasteiger partial charge in [-0.3, -0.25) is 4.79 Å². The summed E-state index contributed by atoms with van der Waals surface area (Å²) in [6.45, 7) is 7.79. The number of nitrogens with zero attached hydrogens (tertiary/aromatic N) is 1. The zero-order chi connectivity index (χ0) is 14.0. The van der Waals surface area contributed by atoms with E-state index >= 15 is 0 Å². The van der Waals surface area contributed by atoms with Gasteiger partial charge < -0.3 is 5.32 Å². The molecular formula is C15H19N2O2. The number of amides is 1. The van der Waals surface area contributed by atoms with Gasteiger partial charge in [0.15, 0.2) is 0 Å². The van der Waals surface area contributed by atoms with Gasteiger partial charge in [0.25, 0.3) is 0 Å². The Hall–Kier alpha value is -1.39. The molecule has 0 saturated carbocycles.